The van der Waals surface area contributed by atoms with Crippen molar-refractivity contribution >= 4 is 34.3 Å². The number of hydrogen-bond donors (Lipinski definition) is 1. The maximum absolute atomic E-state index is 13.4. The van der Waals surface area contributed by atoms with Crippen LogP contribution in [0.2, 0.25) is 0 Å². The Morgan fingerprint density at radius 2 is 2.00 bits per heavy atom. The first-order valence-corrected chi connectivity index (χ1v) is 10.3. The van der Waals surface area contributed by atoms with E-state index in [-0.39, 0.29) is 23.8 Å². The largest absolute Gasteiger partial charge is 0.344 e. The first-order valence-electron chi connectivity index (χ1n) is 9.30. The smallest absolute Gasteiger partial charge is 0.267 e. The van der Waals surface area contributed by atoms with Crippen molar-refractivity contribution < 1.29 is 4.79 Å². The average molecular weight is 417 g/mol. The number of aromatic nitrogens is 4. The van der Waals surface area contributed by atoms with Gasteiger partial charge in [-0.25, -0.2) is 4.57 Å². The summed E-state index contributed by atoms with van der Waals surface area (Å²) in [5, 5.41) is 12.3. The van der Waals surface area contributed by atoms with Crippen molar-refractivity contribution in [1.29, 1.82) is 0 Å². The van der Waals surface area contributed by atoms with Crippen molar-refractivity contribution in [3.63, 3.8) is 0 Å². The molecule has 0 fully saturated rings. The van der Waals surface area contributed by atoms with Crippen LogP contribution in [-0.4, -0.2) is 37.4 Å². The molecule has 0 aliphatic carbocycles. The van der Waals surface area contributed by atoms with Gasteiger partial charge in [0.2, 0.25) is 11.7 Å². The number of aryl methyl sites for hydroxylation is 2. The van der Waals surface area contributed by atoms with Crippen LogP contribution in [0.3, 0.4) is 0 Å². The van der Waals surface area contributed by atoms with Gasteiger partial charge in [-0.2, -0.15) is 0 Å². The van der Waals surface area contributed by atoms with Crippen LogP contribution in [0, 0.1) is 26.2 Å². The Morgan fingerprint density at radius 1 is 1.20 bits per heavy atom. The van der Waals surface area contributed by atoms with Crippen LogP contribution in [0.15, 0.2) is 52.4 Å². The van der Waals surface area contributed by atoms with Gasteiger partial charge in [0.05, 0.1) is 28.9 Å². The molecule has 0 aliphatic heterocycles. The van der Waals surface area contributed by atoms with Crippen molar-refractivity contribution in [2.45, 2.75) is 19.0 Å². The molecule has 8 heteroatoms. The van der Waals surface area contributed by atoms with Crippen LogP contribution >= 0.6 is 11.8 Å². The van der Waals surface area contributed by atoms with Crippen LogP contribution in [0.25, 0.3) is 22.4 Å². The highest BCUT2D eigenvalue weighted by Crippen LogP contribution is 2.24. The lowest BCUT2D eigenvalue weighted by Crippen LogP contribution is -2.25. The average Bonchev–Trinajstić information content (AvgIpc) is 3.16. The molecule has 2 heterocycles. The maximum Gasteiger partial charge on any atom is 0.267 e. The number of terminal acetylenes is 1. The minimum absolute atomic E-state index is 0.138. The number of thioether (sulfide) groups is 1. The summed E-state index contributed by atoms with van der Waals surface area (Å²) in [4.78, 5) is 25.3. The van der Waals surface area contributed by atoms with E-state index in [0.29, 0.717) is 21.8 Å². The molecule has 30 heavy (non-hydrogen) atoms. The van der Waals surface area contributed by atoms with E-state index in [0.717, 1.165) is 16.8 Å². The minimum atomic E-state index is -0.193. The van der Waals surface area contributed by atoms with Crippen LogP contribution in [0.4, 0.5) is 0 Å². The summed E-state index contributed by atoms with van der Waals surface area (Å²) in [5.41, 5.74) is 3.34. The lowest BCUT2D eigenvalue weighted by molar-refractivity contribution is -0.118. The number of rotatable bonds is 5. The van der Waals surface area contributed by atoms with E-state index < -0.39 is 0 Å². The molecular formula is C22H19N5O2S. The van der Waals surface area contributed by atoms with E-state index >= 15 is 0 Å². The molecular weight excluding hydrogens is 398 g/mol. The van der Waals surface area contributed by atoms with Crippen molar-refractivity contribution in [3.8, 4) is 18.0 Å². The molecule has 1 N–H and O–H groups in total. The summed E-state index contributed by atoms with van der Waals surface area (Å²) >= 11 is 1.24. The summed E-state index contributed by atoms with van der Waals surface area (Å²) in [6.45, 7) is 4.14. The fraction of sp³-hybridized carbons (Fsp3) is 0.182. The first-order chi connectivity index (χ1) is 14.5. The van der Waals surface area contributed by atoms with E-state index in [1.165, 1.54) is 11.8 Å². The number of amides is 1. The van der Waals surface area contributed by atoms with Crippen molar-refractivity contribution in [2.24, 2.45) is 0 Å². The maximum atomic E-state index is 13.4. The number of carbonyl (C=O) groups excluding carboxylic acids is 1. The van der Waals surface area contributed by atoms with Gasteiger partial charge in [-0.05, 0) is 37.6 Å². The summed E-state index contributed by atoms with van der Waals surface area (Å²) in [6, 6.07) is 13.2. The molecule has 0 aliphatic rings. The zero-order valence-electron chi connectivity index (χ0n) is 16.5. The van der Waals surface area contributed by atoms with E-state index in [4.69, 9.17) is 6.42 Å². The topological polar surface area (TPSA) is 81.3 Å². The quantitative estimate of drug-likeness (QED) is 0.399. The van der Waals surface area contributed by atoms with Gasteiger partial charge in [-0.1, -0.05) is 47.5 Å². The van der Waals surface area contributed by atoms with Gasteiger partial charge in [0.1, 0.15) is 0 Å². The number of nitrogens with one attached hydrogen (secondary N) is 1. The molecule has 0 atom stereocenters. The molecule has 2 aromatic carbocycles. The van der Waals surface area contributed by atoms with E-state index in [1.807, 2.05) is 54.6 Å². The third-order valence-corrected chi connectivity index (χ3v) is 5.64. The van der Waals surface area contributed by atoms with Gasteiger partial charge in [-0.15, -0.1) is 16.6 Å². The molecule has 0 unspecified atom stereocenters. The Hall–Kier alpha value is -3.57. The van der Waals surface area contributed by atoms with Crippen LogP contribution in [0.1, 0.15) is 11.1 Å². The highest BCUT2D eigenvalue weighted by molar-refractivity contribution is 7.99. The molecule has 7 nitrogen and oxygen atoms in total. The standard InChI is InChI=1S/C22H19N5O2S/c1-4-11-23-19(28)13-30-22-25-24-21-26(17-10-9-14(2)12-15(17)3)20(29)16-7-5-6-8-18(16)27(21)22/h1,5-10,12H,11,13H2,2-3H3,(H,23,28). The van der Waals surface area contributed by atoms with E-state index in [2.05, 4.69) is 21.4 Å². The minimum Gasteiger partial charge on any atom is -0.344 e. The SMILES string of the molecule is C#CCNC(=O)CSc1nnc2n(-c3ccc(C)cc3C)c(=O)c3ccccc3n12. The van der Waals surface area contributed by atoms with Crippen molar-refractivity contribution in [2.75, 3.05) is 12.3 Å². The molecule has 0 saturated heterocycles. The zero-order chi connectivity index (χ0) is 21.3. The Kier molecular flexibility index (Phi) is 5.29. The lowest BCUT2D eigenvalue weighted by Gasteiger charge is -2.13. The highest BCUT2D eigenvalue weighted by Gasteiger charge is 2.19. The number of carbonyl (C=O) groups is 1. The number of para-hydroxylation sites is 1. The normalized spacial score (nSPS) is 11.0. The summed E-state index contributed by atoms with van der Waals surface area (Å²) in [5.74, 6) is 2.72. The zero-order valence-corrected chi connectivity index (χ0v) is 17.4. The molecule has 4 rings (SSSR count). The second kappa shape index (κ2) is 8.05. The molecule has 150 valence electrons. The number of fused-ring (bicyclic) bond motifs is 3. The summed E-state index contributed by atoms with van der Waals surface area (Å²) in [7, 11) is 0. The molecule has 1 amide bonds. The monoisotopic (exact) mass is 417 g/mol. The summed E-state index contributed by atoms with van der Waals surface area (Å²) in [6.07, 6.45) is 5.18. The highest BCUT2D eigenvalue weighted by atomic mass is 32.2. The molecule has 0 saturated carbocycles. The number of benzene rings is 2. The van der Waals surface area contributed by atoms with Crippen molar-refractivity contribution in [3.05, 3.63) is 63.9 Å². The van der Waals surface area contributed by atoms with Gasteiger partial charge < -0.3 is 5.32 Å². The van der Waals surface area contributed by atoms with Crippen LogP contribution < -0.4 is 10.9 Å². The third kappa shape index (κ3) is 3.44. The van der Waals surface area contributed by atoms with Crippen LogP contribution in [-0.2, 0) is 4.79 Å². The van der Waals surface area contributed by atoms with E-state index in [1.54, 1.807) is 10.6 Å². The number of nitrogens with zero attached hydrogens (tertiary/aromatic N) is 4. The molecule has 0 spiro atoms. The second-order valence-corrected chi connectivity index (χ2v) is 7.78. The Balaban J connectivity index is 1.92. The fourth-order valence-corrected chi connectivity index (χ4v) is 4.15. The van der Waals surface area contributed by atoms with E-state index in [9.17, 15) is 9.59 Å². The predicted octanol–water partition coefficient (Wildman–Crippen LogP) is 2.49. The molecule has 0 bridgehead atoms. The first kappa shape index (κ1) is 19.7. The molecule has 2 aromatic heterocycles. The Morgan fingerprint density at radius 3 is 2.77 bits per heavy atom. The molecule has 4 aromatic rings. The third-order valence-electron chi connectivity index (χ3n) is 4.71. The molecule has 0 radical (unpaired) electrons. The number of hydrogen-bond acceptors (Lipinski definition) is 5. The second-order valence-electron chi connectivity index (χ2n) is 6.84. The Bertz CT molecular complexity index is 1380. The summed E-state index contributed by atoms with van der Waals surface area (Å²) < 4.78 is 3.39. The lowest BCUT2D eigenvalue weighted by atomic mass is 10.1. The van der Waals surface area contributed by atoms with Gasteiger partial charge in [0, 0.05) is 0 Å². The van der Waals surface area contributed by atoms with Crippen molar-refractivity contribution in [1.82, 2.24) is 24.5 Å². The van der Waals surface area contributed by atoms with Gasteiger partial charge in [0.25, 0.3) is 5.56 Å². The predicted molar refractivity (Wildman–Crippen MR) is 118 cm³/mol. The van der Waals surface area contributed by atoms with Gasteiger partial charge in [0.15, 0.2) is 5.16 Å². The Labute approximate surface area is 177 Å². The fourth-order valence-electron chi connectivity index (χ4n) is 3.38. The van der Waals surface area contributed by atoms with Crippen LogP contribution in [0.5, 0.6) is 0 Å². The van der Waals surface area contributed by atoms with Gasteiger partial charge in [-0.3, -0.25) is 14.0 Å². The van der Waals surface area contributed by atoms with Gasteiger partial charge >= 0.3 is 0 Å².